The molecule has 0 saturated heterocycles. The van der Waals surface area contributed by atoms with Crippen LogP contribution in [-0.2, 0) is 9.53 Å². The zero-order valence-corrected chi connectivity index (χ0v) is 22.5. The van der Waals surface area contributed by atoms with E-state index in [1.54, 1.807) is 57.8 Å². The van der Waals surface area contributed by atoms with Crippen LogP contribution in [0.1, 0.15) is 44.9 Å². The first-order valence-corrected chi connectivity index (χ1v) is 12.8. The average molecular weight is 523 g/mol. The maximum atomic E-state index is 13.8. The highest BCUT2D eigenvalue weighted by atomic mass is 32.1. The van der Waals surface area contributed by atoms with Gasteiger partial charge in [0, 0.05) is 0 Å². The van der Waals surface area contributed by atoms with Gasteiger partial charge >= 0.3 is 5.97 Å². The molecular formula is C28H30N2O6S. The highest BCUT2D eigenvalue weighted by molar-refractivity contribution is 7.07. The van der Waals surface area contributed by atoms with Gasteiger partial charge in [-0.3, -0.25) is 9.36 Å². The summed E-state index contributed by atoms with van der Waals surface area (Å²) in [5, 5.41) is 0. The minimum Gasteiger partial charge on any atom is -0.494 e. The molecular weight excluding hydrogens is 492 g/mol. The number of thiazole rings is 1. The monoisotopic (exact) mass is 522 g/mol. The normalized spacial score (nSPS) is 15.3. The van der Waals surface area contributed by atoms with E-state index in [-0.39, 0.29) is 11.7 Å². The fourth-order valence-electron chi connectivity index (χ4n) is 4.18. The van der Waals surface area contributed by atoms with Crippen LogP contribution in [0.5, 0.6) is 17.2 Å². The van der Waals surface area contributed by atoms with Crippen molar-refractivity contribution in [3.05, 3.63) is 84.5 Å². The minimum atomic E-state index is -0.689. The number of benzene rings is 2. The van der Waals surface area contributed by atoms with E-state index in [9.17, 15) is 9.59 Å². The second kappa shape index (κ2) is 11.0. The Labute approximate surface area is 219 Å². The van der Waals surface area contributed by atoms with Gasteiger partial charge in [-0.15, -0.1) is 0 Å². The molecule has 9 heteroatoms. The molecule has 0 radical (unpaired) electrons. The highest BCUT2D eigenvalue weighted by Gasteiger charge is 2.33. The van der Waals surface area contributed by atoms with Crippen LogP contribution in [0.15, 0.2) is 63.5 Å². The zero-order valence-electron chi connectivity index (χ0n) is 21.7. The van der Waals surface area contributed by atoms with E-state index in [1.807, 2.05) is 37.3 Å². The van der Waals surface area contributed by atoms with Gasteiger partial charge in [-0.25, -0.2) is 9.79 Å². The van der Waals surface area contributed by atoms with E-state index >= 15 is 0 Å². The standard InChI is InChI=1S/C28H30N2O6S/c1-7-35-20-11-9-19(10-12-20)25-24(27(32)36-16(2)3)17(4)29-28-30(25)26(31)23(37-28)15-18-8-13-21(33-5)22(14-18)34-6/h8-16,25H,7H2,1-6H3/b23-15-. The van der Waals surface area contributed by atoms with Gasteiger partial charge in [0.15, 0.2) is 16.3 Å². The first kappa shape index (κ1) is 26.2. The Hall–Kier alpha value is -3.85. The Balaban J connectivity index is 1.89. The number of hydrogen-bond donors (Lipinski definition) is 0. The summed E-state index contributed by atoms with van der Waals surface area (Å²) in [4.78, 5) is 32.1. The molecule has 4 rings (SSSR count). The number of carbonyl (C=O) groups is 1. The summed E-state index contributed by atoms with van der Waals surface area (Å²) >= 11 is 1.27. The Morgan fingerprint density at radius 1 is 1.11 bits per heavy atom. The first-order valence-electron chi connectivity index (χ1n) is 12.0. The third-order valence-electron chi connectivity index (χ3n) is 5.80. The van der Waals surface area contributed by atoms with Gasteiger partial charge in [0.2, 0.25) is 0 Å². The molecule has 0 amide bonds. The number of ether oxygens (including phenoxy) is 4. The molecule has 2 aromatic carbocycles. The molecule has 1 atom stereocenters. The summed E-state index contributed by atoms with van der Waals surface area (Å²) in [6, 6.07) is 12.1. The summed E-state index contributed by atoms with van der Waals surface area (Å²) in [7, 11) is 3.13. The first-order chi connectivity index (χ1) is 17.8. The Kier molecular flexibility index (Phi) is 7.83. The lowest BCUT2D eigenvalue weighted by Crippen LogP contribution is -2.40. The molecule has 0 bridgehead atoms. The zero-order chi connectivity index (χ0) is 26.7. The fraction of sp³-hybridized carbons (Fsp3) is 0.321. The van der Waals surface area contributed by atoms with Crippen molar-refractivity contribution in [2.24, 2.45) is 4.99 Å². The molecule has 194 valence electrons. The lowest BCUT2D eigenvalue weighted by Gasteiger charge is -2.25. The van der Waals surface area contributed by atoms with Crippen molar-refractivity contribution in [2.45, 2.75) is 39.8 Å². The van der Waals surface area contributed by atoms with E-state index < -0.39 is 12.0 Å². The van der Waals surface area contributed by atoms with Crippen molar-refractivity contribution in [1.82, 2.24) is 4.57 Å². The lowest BCUT2D eigenvalue weighted by atomic mass is 9.96. The number of fused-ring (bicyclic) bond motifs is 1. The van der Waals surface area contributed by atoms with Crippen LogP contribution in [0, 0.1) is 0 Å². The fourth-order valence-corrected chi connectivity index (χ4v) is 5.23. The third-order valence-corrected chi connectivity index (χ3v) is 6.78. The number of carbonyl (C=O) groups excluding carboxylic acids is 1. The van der Waals surface area contributed by atoms with Crippen LogP contribution < -0.4 is 29.1 Å². The Bertz CT molecular complexity index is 1520. The maximum absolute atomic E-state index is 13.8. The van der Waals surface area contributed by atoms with E-state index in [0.717, 1.165) is 11.1 Å². The summed E-state index contributed by atoms with van der Waals surface area (Å²) in [5.41, 5.74) is 2.13. The summed E-state index contributed by atoms with van der Waals surface area (Å²) in [6.45, 7) is 7.80. The van der Waals surface area contributed by atoms with Crippen molar-refractivity contribution in [3.63, 3.8) is 0 Å². The second-order valence-electron chi connectivity index (χ2n) is 8.65. The van der Waals surface area contributed by atoms with Gasteiger partial charge in [-0.2, -0.15) is 0 Å². The van der Waals surface area contributed by atoms with Crippen LogP contribution in [0.25, 0.3) is 6.08 Å². The van der Waals surface area contributed by atoms with Crippen LogP contribution in [-0.4, -0.2) is 37.5 Å². The molecule has 0 fully saturated rings. The number of esters is 1. The van der Waals surface area contributed by atoms with Gasteiger partial charge < -0.3 is 18.9 Å². The van der Waals surface area contributed by atoms with Gasteiger partial charge in [-0.05, 0) is 69.2 Å². The van der Waals surface area contributed by atoms with Crippen molar-refractivity contribution in [1.29, 1.82) is 0 Å². The summed E-state index contributed by atoms with van der Waals surface area (Å²) < 4.78 is 23.9. The van der Waals surface area contributed by atoms with Gasteiger partial charge in [0.1, 0.15) is 5.75 Å². The lowest BCUT2D eigenvalue weighted by molar-refractivity contribution is -0.143. The molecule has 1 aliphatic rings. The number of allylic oxidation sites excluding steroid dienone is 1. The Morgan fingerprint density at radius 2 is 1.81 bits per heavy atom. The van der Waals surface area contributed by atoms with Crippen LogP contribution in [0.3, 0.4) is 0 Å². The van der Waals surface area contributed by atoms with Crippen molar-refractivity contribution < 1.29 is 23.7 Å². The van der Waals surface area contributed by atoms with Crippen LogP contribution in [0.2, 0.25) is 0 Å². The molecule has 1 aromatic heterocycles. The van der Waals surface area contributed by atoms with E-state index in [4.69, 9.17) is 18.9 Å². The number of rotatable bonds is 8. The molecule has 2 heterocycles. The number of methoxy groups -OCH3 is 2. The smallest absolute Gasteiger partial charge is 0.338 e. The largest absolute Gasteiger partial charge is 0.494 e. The molecule has 3 aromatic rings. The van der Waals surface area contributed by atoms with Crippen LogP contribution in [0.4, 0.5) is 0 Å². The van der Waals surface area contributed by atoms with Crippen LogP contribution >= 0.6 is 11.3 Å². The molecule has 1 aliphatic heterocycles. The predicted molar refractivity (Wildman–Crippen MR) is 142 cm³/mol. The van der Waals surface area contributed by atoms with E-state index in [1.165, 1.54) is 11.3 Å². The number of hydrogen-bond acceptors (Lipinski definition) is 8. The van der Waals surface area contributed by atoms with E-state index in [2.05, 4.69) is 4.99 Å². The van der Waals surface area contributed by atoms with Gasteiger partial charge in [0.05, 0.1) is 48.8 Å². The number of aromatic nitrogens is 1. The molecule has 0 N–H and O–H groups in total. The van der Waals surface area contributed by atoms with Gasteiger partial charge in [-0.1, -0.05) is 29.5 Å². The molecule has 0 aliphatic carbocycles. The van der Waals surface area contributed by atoms with E-state index in [0.29, 0.717) is 44.5 Å². The van der Waals surface area contributed by atoms with Crippen molar-refractivity contribution >= 4 is 23.4 Å². The summed E-state index contributed by atoms with van der Waals surface area (Å²) in [5.74, 6) is 1.37. The molecule has 8 nitrogen and oxygen atoms in total. The average Bonchev–Trinajstić information content (AvgIpc) is 3.17. The number of nitrogens with zero attached hydrogens (tertiary/aromatic N) is 2. The quantitative estimate of drug-likeness (QED) is 0.420. The molecule has 0 spiro atoms. The SMILES string of the molecule is CCOc1ccc(C2C(C(=O)OC(C)C)=C(C)N=c3s/c(=C\c4ccc(OC)c(OC)c4)c(=O)n32)cc1. The van der Waals surface area contributed by atoms with Crippen molar-refractivity contribution in [2.75, 3.05) is 20.8 Å². The third kappa shape index (κ3) is 5.32. The minimum absolute atomic E-state index is 0.250. The molecule has 1 unspecified atom stereocenters. The van der Waals surface area contributed by atoms with Crippen molar-refractivity contribution in [3.8, 4) is 17.2 Å². The molecule has 37 heavy (non-hydrogen) atoms. The Morgan fingerprint density at radius 3 is 2.43 bits per heavy atom. The highest BCUT2D eigenvalue weighted by Crippen LogP contribution is 2.32. The predicted octanol–water partition coefficient (Wildman–Crippen LogP) is 3.60. The molecule has 0 saturated carbocycles. The second-order valence-corrected chi connectivity index (χ2v) is 9.66. The maximum Gasteiger partial charge on any atom is 0.338 e. The topological polar surface area (TPSA) is 88.4 Å². The van der Waals surface area contributed by atoms with Gasteiger partial charge in [0.25, 0.3) is 5.56 Å². The summed E-state index contributed by atoms with van der Waals surface area (Å²) in [6.07, 6.45) is 1.47.